The lowest BCUT2D eigenvalue weighted by Gasteiger charge is -2.23. The van der Waals surface area contributed by atoms with Gasteiger partial charge in [-0.2, -0.15) is 0 Å². The van der Waals surface area contributed by atoms with Crippen molar-refractivity contribution >= 4 is 43.2 Å². The molecule has 0 saturated heterocycles. The highest BCUT2D eigenvalue weighted by Crippen LogP contribution is 2.29. The van der Waals surface area contributed by atoms with E-state index in [0.29, 0.717) is 23.5 Å². The minimum absolute atomic E-state index is 0.191. The summed E-state index contributed by atoms with van der Waals surface area (Å²) < 4.78 is 11.0. The number of urea groups is 1. The number of nitrogens with zero attached hydrogens (tertiary/aromatic N) is 2. The summed E-state index contributed by atoms with van der Waals surface area (Å²) in [6.07, 6.45) is -0.638. The van der Waals surface area contributed by atoms with Gasteiger partial charge in [0.05, 0.1) is 17.9 Å². The molecule has 0 bridgehead atoms. The van der Waals surface area contributed by atoms with Gasteiger partial charge < -0.3 is 24.6 Å². The zero-order valence-electron chi connectivity index (χ0n) is 25.0. The molecule has 3 amide bonds. The normalized spacial score (nSPS) is 11.4. The second-order valence-corrected chi connectivity index (χ2v) is 17.7. The van der Waals surface area contributed by atoms with Crippen LogP contribution in [0.1, 0.15) is 42.3 Å². The average molecular weight is 557 g/mol. The Balaban J connectivity index is 2.28. The standard InChI is InChI=1S/C29H44N4O5Si/c1-20-23(31-28(36)38-29(2,3)4)15-16-24(25(20)26(34)37-17-18-39(8,9)10)30-27(35)33(7)19-21-11-13-22(14-12-21)32(5)6/h11-16H,17-19H2,1-10H3,(H,30,35)(H,31,36). The Morgan fingerprint density at radius 2 is 1.49 bits per heavy atom. The number of ether oxygens (including phenoxy) is 2. The van der Waals surface area contributed by atoms with Crippen LogP contribution in [0, 0.1) is 6.92 Å². The van der Waals surface area contributed by atoms with Crippen LogP contribution in [-0.4, -0.2) is 64.4 Å². The lowest BCUT2D eigenvalue weighted by molar-refractivity contribution is 0.0524. The molecule has 39 heavy (non-hydrogen) atoms. The number of carbonyl (C=O) groups excluding carboxylic acids is 3. The number of hydrogen-bond acceptors (Lipinski definition) is 6. The Morgan fingerprint density at radius 3 is 2.03 bits per heavy atom. The third kappa shape index (κ3) is 10.3. The lowest BCUT2D eigenvalue weighted by Crippen LogP contribution is -2.32. The lowest BCUT2D eigenvalue weighted by atomic mass is 10.0. The van der Waals surface area contributed by atoms with E-state index in [-0.39, 0.29) is 18.2 Å². The second kappa shape index (κ2) is 13.0. The maximum Gasteiger partial charge on any atom is 0.412 e. The molecule has 0 fully saturated rings. The van der Waals surface area contributed by atoms with Crippen molar-refractivity contribution in [1.29, 1.82) is 0 Å². The number of rotatable bonds is 9. The number of amides is 3. The van der Waals surface area contributed by atoms with Crippen LogP contribution in [0.25, 0.3) is 0 Å². The topological polar surface area (TPSA) is 100 Å². The molecule has 2 aromatic carbocycles. The van der Waals surface area contributed by atoms with Crippen molar-refractivity contribution in [3.63, 3.8) is 0 Å². The molecule has 0 saturated carbocycles. The number of esters is 1. The monoisotopic (exact) mass is 556 g/mol. The first kappa shape index (κ1) is 31.7. The van der Waals surface area contributed by atoms with Gasteiger partial charge in [0.15, 0.2) is 0 Å². The van der Waals surface area contributed by atoms with E-state index in [9.17, 15) is 14.4 Å². The summed E-state index contributed by atoms with van der Waals surface area (Å²) in [5.74, 6) is -0.559. The Hall–Kier alpha value is -3.53. The quantitative estimate of drug-likeness (QED) is 0.268. The summed E-state index contributed by atoms with van der Waals surface area (Å²) >= 11 is 0. The zero-order valence-corrected chi connectivity index (χ0v) is 26.0. The molecule has 0 aromatic heterocycles. The van der Waals surface area contributed by atoms with Gasteiger partial charge in [-0.1, -0.05) is 31.8 Å². The third-order valence-corrected chi connectivity index (χ3v) is 7.55. The van der Waals surface area contributed by atoms with Crippen molar-refractivity contribution in [3.05, 3.63) is 53.1 Å². The highest BCUT2D eigenvalue weighted by Gasteiger charge is 2.24. The smallest absolute Gasteiger partial charge is 0.412 e. The van der Waals surface area contributed by atoms with Crippen LogP contribution in [0.2, 0.25) is 25.7 Å². The molecule has 2 N–H and O–H groups in total. The molecule has 0 atom stereocenters. The summed E-state index contributed by atoms with van der Waals surface area (Å²) in [7, 11) is 4.20. The van der Waals surface area contributed by atoms with Gasteiger partial charge in [0, 0.05) is 47.1 Å². The fraction of sp³-hybridized carbons (Fsp3) is 0.483. The van der Waals surface area contributed by atoms with Crippen molar-refractivity contribution in [1.82, 2.24) is 4.90 Å². The van der Waals surface area contributed by atoms with Crippen molar-refractivity contribution in [3.8, 4) is 0 Å². The van der Waals surface area contributed by atoms with Gasteiger partial charge in [0.2, 0.25) is 0 Å². The maximum absolute atomic E-state index is 13.2. The number of hydrogen-bond donors (Lipinski definition) is 2. The SMILES string of the molecule is Cc1c(NC(=O)OC(C)(C)C)ccc(NC(=O)N(C)Cc2ccc(N(C)C)cc2)c1C(=O)OCC[Si](C)(C)C. The molecular formula is C29H44N4O5Si. The molecule has 2 aromatic rings. The molecule has 214 valence electrons. The van der Waals surface area contributed by atoms with E-state index in [4.69, 9.17) is 9.47 Å². The Kier molecular flexibility index (Phi) is 10.6. The van der Waals surface area contributed by atoms with Gasteiger partial charge in [-0.3, -0.25) is 5.32 Å². The van der Waals surface area contributed by atoms with Gasteiger partial charge in [0.25, 0.3) is 0 Å². The summed E-state index contributed by atoms with van der Waals surface area (Å²) in [4.78, 5) is 42.3. The number of nitrogens with one attached hydrogen (secondary N) is 2. The largest absolute Gasteiger partial charge is 0.462 e. The minimum Gasteiger partial charge on any atom is -0.462 e. The van der Waals surface area contributed by atoms with E-state index < -0.39 is 25.7 Å². The first-order valence-electron chi connectivity index (χ1n) is 13.1. The molecule has 0 aliphatic carbocycles. The van der Waals surface area contributed by atoms with Gasteiger partial charge in [0.1, 0.15) is 5.60 Å². The fourth-order valence-electron chi connectivity index (χ4n) is 3.61. The second-order valence-electron chi connectivity index (χ2n) is 12.1. The van der Waals surface area contributed by atoms with Crippen LogP contribution in [-0.2, 0) is 16.0 Å². The molecule has 9 nitrogen and oxygen atoms in total. The van der Waals surface area contributed by atoms with Gasteiger partial charge in [-0.05, 0) is 69.1 Å². The summed E-state index contributed by atoms with van der Waals surface area (Å²) in [5, 5.41) is 5.55. The van der Waals surface area contributed by atoms with E-state index in [0.717, 1.165) is 17.3 Å². The molecule has 10 heteroatoms. The van der Waals surface area contributed by atoms with Crippen LogP contribution in [0.3, 0.4) is 0 Å². The molecule has 0 heterocycles. The van der Waals surface area contributed by atoms with Gasteiger partial charge >= 0.3 is 18.1 Å². The van der Waals surface area contributed by atoms with Crippen LogP contribution in [0.15, 0.2) is 36.4 Å². The van der Waals surface area contributed by atoms with Crippen LogP contribution in [0.5, 0.6) is 0 Å². The van der Waals surface area contributed by atoms with E-state index >= 15 is 0 Å². The predicted molar refractivity (Wildman–Crippen MR) is 161 cm³/mol. The van der Waals surface area contributed by atoms with Crippen molar-refractivity contribution in [2.75, 3.05) is 43.3 Å². The Bertz CT molecular complexity index is 1170. The molecule has 0 spiro atoms. The van der Waals surface area contributed by atoms with E-state index in [1.54, 1.807) is 46.9 Å². The van der Waals surface area contributed by atoms with Crippen molar-refractivity contribution in [2.24, 2.45) is 0 Å². The predicted octanol–water partition coefficient (Wildman–Crippen LogP) is 6.57. The molecule has 0 aliphatic heterocycles. The zero-order chi connectivity index (χ0) is 29.5. The van der Waals surface area contributed by atoms with Crippen LogP contribution >= 0.6 is 0 Å². The molecule has 0 unspecified atom stereocenters. The van der Waals surface area contributed by atoms with E-state index in [2.05, 4.69) is 30.3 Å². The van der Waals surface area contributed by atoms with Crippen LogP contribution in [0.4, 0.5) is 26.7 Å². The van der Waals surface area contributed by atoms with Gasteiger partial charge in [-0.15, -0.1) is 0 Å². The highest BCUT2D eigenvalue weighted by atomic mass is 28.3. The maximum atomic E-state index is 13.2. The third-order valence-electron chi connectivity index (χ3n) is 5.85. The summed E-state index contributed by atoms with van der Waals surface area (Å²) in [5.41, 5.74) is 2.72. The average Bonchev–Trinajstić information content (AvgIpc) is 2.79. The van der Waals surface area contributed by atoms with Crippen molar-refractivity contribution in [2.45, 2.75) is 65.5 Å². The number of benzene rings is 2. The van der Waals surface area contributed by atoms with E-state index in [1.807, 2.05) is 43.3 Å². The number of carbonyl (C=O) groups is 3. The molecule has 0 aliphatic rings. The molecule has 0 radical (unpaired) electrons. The molecular weight excluding hydrogens is 512 g/mol. The highest BCUT2D eigenvalue weighted by molar-refractivity contribution is 6.76. The summed E-state index contributed by atoms with van der Waals surface area (Å²) in [6.45, 7) is 14.3. The fourth-order valence-corrected chi connectivity index (χ4v) is 4.32. The van der Waals surface area contributed by atoms with Crippen molar-refractivity contribution < 1.29 is 23.9 Å². The minimum atomic E-state index is -1.43. The summed E-state index contributed by atoms with van der Waals surface area (Å²) in [6, 6.07) is 11.6. The Morgan fingerprint density at radius 1 is 0.897 bits per heavy atom. The number of anilines is 3. The van der Waals surface area contributed by atoms with E-state index in [1.165, 1.54) is 4.90 Å². The molecule has 2 rings (SSSR count). The first-order valence-corrected chi connectivity index (χ1v) is 16.8. The van der Waals surface area contributed by atoms with Gasteiger partial charge in [-0.25, -0.2) is 14.4 Å². The Labute approximate surface area is 233 Å². The first-order chi connectivity index (χ1) is 18.0. The van der Waals surface area contributed by atoms with Crippen LogP contribution < -0.4 is 15.5 Å².